The van der Waals surface area contributed by atoms with Gasteiger partial charge in [-0.2, -0.15) is 0 Å². The van der Waals surface area contributed by atoms with E-state index in [0.717, 1.165) is 19.3 Å². The Labute approximate surface area is 138 Å². The minimum Gasteiger partial charge on any atom is -0.493 e. The maximum Gasteiger partial charge on any atom is 0.203 e. The van der Waals surface area contributed by atoms with Crippen molar-refractivity contribution in [2.45, 2.75) is 31.6 Å². The quantitative estimate of drug-likeness (QED) is 0.589. The van der Waals surface area contributed by atoms with Crippen LogP contribution in [0.15, 0.2) is 12.1 Å². The summed E-state index contributed by atoms with van der Waals surface area (Å²) in [6.45, 7) is 1.28. The van der Waals surface area contributed by atoms with Gasteiger partial charge in [0.15, 0.2) is 11.5 Å². The molecule has 0 bridgehead atoms. The molecule has 0 radical (unpaired) electrons. The predicted molar refractivity (Wildman–Crippen MR) is 89.7 cm³/mol. The average Bonchev–Trinajstić information content (AvgIpc) is 2.61. The van der Waals surface area contributed by atoms with Crippen molar-refractivity contribution in [3.63, 3.8) is 0 Å². The van der Waals surface area contributed by atoms with Gasteiger partial charge in [-0.3, -0.25) is 0 Å². The number of ether oxygens (including phenoxy) is 3. The van der Waals surface area contributed by atoms with E-state index in [9.17, 15) is 4.79 Å². The number of rotatable bonds is 8. The standard InChI is InChI=1S/C18H27NO4/c1-21-16-10-14(11-17(22-2)18(16)23-3)15-7-5-4-6-13(15)12-19-8-9-20/h9-11,13,15,19H,4-8,12H2,1-3H3. The molecule has 0 spiro atoms. The number of nitrogens with one attached hydrogen (secondary N) is 1. The summed E-state index contributed by atoms with van der Waals surface area (Å²) in [6.07, 6.45) is 5.70. The van der Waals surface area contributed by atoms with E-state index in [1.165, 1.54) is 24.8 Å². The Morgan fingerprint density at radius 1 is 1.09 bits per heavy atom. The normalized spacial score (nSPS) is 20.8. The third kappa shape index (κ3) is 4.16. The molecule has 128 valence electrons. The van der Waals surface area contributed by atoms with Gasteiger partial charge in [-0.25, -0.2) is 0 Å². The van der Waals surface area contributed by atoms with Crippen LogP contribution in [-0.2, 0) is 4.79 Å². The van der Waals surface area contributed by atoms with E-state index in [1.54, 1.807) is 21.3 Å². The number of methoxy groups -OCH3 is 3. The highest BCUT2D eigenvalue weighted by molar-refractivity contribution is 5.54. The summed E-state index contributed by atoms with van der Waals surface area (Å²) in [4.78, 5) is 10.5. The van der Waals surface area contributed by atoms with Gasteiger partial charge in [0.2, 0.25) is 5.75 Å². The second-order valence-corrected chi connectivity index (χ2v) is 5.93. The third-order valence-electron chi connectivity index (χ3n) is 4.66. The van der Waals surface area contributed by atoms with Crippen LogP contribution in [0.1, 0.15) is 37.2 Å². The van der Waals surface area contributed by atoms with Gasteiger partial charge in [0.1, 0.15) is 6.29 Å². The summed E-state index contributed by atoms with van der Waals surface area (Å²) in [5, 5.41) is 3.23. The van der Waals surface area contributed by atoms with E-state index < -0.39 is 0 Å². The molecule has 2 rings (SSSR count). The minimum absolute atomic E-state index is 0.415. The van der Waals surface area contributed by atoms with Gasteiger partial charge >= 0.3 is 0 Å². The van der Waals surface area contributed by atoms with Crippen molar-refractivity contribution in [1.82, 2.24) is 5.32 Å². The minimum atomic E-state index is 0.415. The molecule has 2 unspecified atom stereocenters. The number of benzene rings is 1. The average molecular weight is 321 g/mol. The first-order chi connectivity index (χ1) is 11.2. The molecule has 1 saturated carbocycles. The van der Waals surface area contributed by atoms with Crippen LogP contribution in [-0.4, -0.2) is 40.7 Å². The molecular weight excluding hydrogens is 294 g/mol. The van der Waals surface area contributed by atoms with Gasteiger partial charge < -0.3 is 24.3 Å². The SMILES string of the molecule is COc1cc(C2CCCCC2CNCC=O)cc(OC)c1OC. The highest BCUT2D eigenvalue weighted by atomic mass is 16.5. The fourth-order valence-corrected chi connectivity index (χ4v) is 3.53. The lowest BCUT2D eigenvalue weighted by Gasteiger charge is -2.32. The summed E-state index contributed by atoms with van der Waals surface area (Å²) in [7, 11) is 4.91. The van der Waals surface area contributed by atoms with Gasteiger partial charge in [-0.05, 0) is 48.9 Å². The van der Waals surface area contributed by atoms with E-state index in [2.05, 4.69) is 17.4 Å². The zero-order valence-electron chi connectivity index (χ0n) is 14.3. The van der Waals surface area contributed by atoms with E-state index in [4.69, 9.17) is 14.2 Å². The van der Waals surface area contributed by atoms with Crippen LogP contribution in [0.5, 0.6) is 17.2 Å². The molecule has 23 heavy (non-hydrogen) atoms. The van der Waals surface area contributed by atoms with Crippen molar-refractivity contribution in [3.05, 3.63) is 17.7 Å². The molecule has 1 aliphatic rings. The van der Waals surface area contributed by atoms with Crippen LogP contribution in [0, 0.1) is 5.92 Å². The highest BCUT2D eigenvalue weighted by Gasteiger charge is 2.28. The number of carbonyl (C=O) groups excluding carboxylic acids is 1. The van der Waals surface area contributed by atoms with Crippen molar-refractivity contribution in [3.8, 4) is 17.2 Å². The molecule has 0 amide bonds. The fourth-order valence-electron chi connectivity index (χ4n) is 3.53. The predicted octanol–water partition coefficient (Wildman–Crippen LogP) is 2.77. The molecule has 1 aliphatic carbocycles. The molecule has 1 fully saturated rings. The largest absolute Gasteiger partial charge is 0.493 e. The van der Waals surface area contributed by atoms with Gasteiger partial charge in [0.25, 0.3) is 0 Å². The van der Waals surface area contributed by atoms with Gasteiger partial charge in [0.05, 0.1) is 27.9 Å². The second kappa shape index (κ2) is 8.77. The molecule has 5 heteroatoms. The van der Waals surface area contributed by atoms with Gasteiger partial charge in [-0.15, -0.1) is 0 Å². The van der Waals surface area contributed by atoms with Crippen LogP contribution in [0.25, 0.3) is 0 Å². The molecule has 5 nitrogen and oxygen atoms in total. The Morgan fingerprint density at radius 2 is 1.74 bits per heavy atom. The van der Waals surface area contributed by atoms with E-state index >= 15 is 0 Å². The fraction of sp³-hybridized carbons (Fsp3) is 0.611. The lowest BCUT2D eigenvalue weighted by molar-refractivity contribution is -0.107. The molecule has 1 aromatic carbocycles. The van der Waals surface area contributed by atoms with Crippen molar-refractivity contribution >= 4 is 6.29 Å². The number of carbonyl (C=O) groups is 1. The zero-order valence-corrected chi connectivity index (χ0v) is 14.3. The summed E-state index contributed by atoms with van der Waals surface area (Å²) in [6, 6.07) is 4.12. The summed E-state index contributed by atoms with van der Waals surface area (Å²) < 4.78 is 16.4. The topological polar surface area (TPSA) is 56.8 Å². The maximum absolute atomic E-state index is 10.5. The Hall–Kier alpha value is -1.75. The van der Waals surface area contributed by atoms with Crippen LogP contribution < -0.4 is 19.5 Å². The van der Waals surface area contributed by atoms with Crippen molar-refractivity contribution < 1.29 is 19.0 Å². The highest BCUT2D eigenvalue weighted by Crippen LogP contribution is 2.44. The first kappa shape index (κ1) is 17.6. The Balaban J connectivity index is 2.27. The van der Waals surface area contributed by atoms with Crippen LogP contribution in [0.4, 0.5) is 0 Å². The van der Waals surface area contributed by atoms with Crippen LogP contribution >= 0.6 is 0 Å². The summed E-state index contributed by atoms with van der Waals surface area (Å²) >= 11 is 0. The van der Waals surface area contributed by atoms with E-state index in [1.807, 2.05) is 0 Å². The van der Waals surface area contributed by atoms with Crippen molar-refractivity contribution in [2.24, 2.45) is 5.92 Å². The first-order valence-electron chi connectivity index (χ1n) is 8.19. The maximum atomic E-state index is 10.5. The van der Waals surface area contributed by atoms with Crippen LogP contribution in [0.3, 0.4) is 0 Å². The molecule has 0 aliphatic heterocycles. The molecular formula is C18H27NO4. The molecule has 2 atom stereocenters. The number of hydrogen-bond acceptors (Lipinski definition) is 5. The van der Waals surface area contributed by atoms with Crippen molar-refractivity contribution in [2.75, 3.05) is 34.4 Å². The van der Waals surface area contributed by atoms with Gasteiger partial charge in [0, 0.05) is 0 Å². The van der Waals surface area contributed by atoms with E-state index in [-0.39, 0.29) is 0 Å². The lowest BCUT2D eigenvalue weighted by Crippen LogP contribution is -2.30. The third-order valence-corrected chi connectivity index (χ3v) is 4.66. The van der Waals surface area contributed by atoms with Crippen LogP contribution in [0.2, 0.25) is 0 Å². The second-order valence-electron chi connectivity index (χ2n) is 5.93. The number of hydrogen-bond donors (Lipinski definition) is 1. The Bertz CT molecular complexity index is 493. The molecule has 0 aromatic heterocycles. The van der Waals surface area contributed by atoms with Gasteiger partial charge in [-0.1, -0.05) is 12.8 Å². The molecule has 0 saturated heterocycles. The lowest BCUT2D eigenvalue weighted by atomic mass is 9.75. The Kier molecular flexibility index (Phi) is 6.71. The van der Waals surface area contributed by atoms with Crippen molar-refractivity contribution in [1.29, 1.82) is 0 Å². The molecule has 0 heterocycles. The molecule has 1 aromatic rings. The smallest absolute Gasteiger partial charge is 0.203 e. The number of aldehydes is 1. The molecule has 1 N–H and O–H groups in total. The summed E-state index contributed by atoms with van der Waals surface area (Å²) in [5.41, 5.74) is 1.22. The monoisotopic (exact) mass is 321 g/mol. The Morgan fingerprint density at radius 3 is 2.30 bits per heavy atom. The first-order valence-corrected chi connectivity index (χ1v) is 8.19. The van der Waals surface area contributed by atoms with E-state index in [0.29, 0.717) is 35.6 Å². The zero-order chi connectivity index (χ0) is 16.7. The summed E-state index contributed by atoms with van der Waals surface area (Å²) in [5.74, 6) is 2.99.